The van der Waals surface area contributed by atoms with Crippen molar-refractivity contribution in [3.8, 4) is 0 Å². The number of nitrogens with zero attached hydrogens (tertiary/aromatic N) is 1. The molecule has 0 bridgehead atoms. The summed E-state index contributed by atoms with van der Waals surface area (Å²) in [5.41, 5.74) is 1.19. The number of hydrogen-bond donors (Lipinski definition) is 1. The average molecular weight is 278 g/mol. The Bertz CT molecular complexity index is 384. The summed E-state index contributed by atoms with van der Waals surface area (Å²) in [5, 5.41) is 3.56. The molecule has 3 heteroatoms. The topological polar surface area (TPSA) is 15.3 Å². The summed E-state index contributed by atoms with van der Waals surface area (Å²) in [6.07, 6.45) is 6.46. The Morgan fingerprint density at radius 1 is 1.25 bits per heavy atom. The SMILES string of the molecule is CC(Cc1ccc(F)cc1)NCCN(C)C1CCCC1. The van der Waals surface area contributed by atoms with E-state index in [1.165, 1.54) is 43.4 Å². The van der Waals surface area contributed by atoms with E-state index in [-0.39, 0.29) is 5.82 Å². The van der Waals surface area contributed by atoms with Gasteiger partial charge in [-0.05, 0) is 50.9 Å². The molecule has 2 nitrogen and oxygen atoms in total. The van der Waals surface area contributed by atoms with Gasteiger partial charge in [0.25, 0.3) is 0 Å². The fourth-order valence-electron chi connectivity index (χ4n) is 3.06. The van der Waals surface area contributed by atoms with Crippen LogP contribution in [-0.4, -0.2) is 37.1 Å². The molecule has 2 rings (SSSR count). The van der Waals surface area contributed by atoms with Gasteiger partial charge >= 0.3 is 0 Å². The van der Waals surface area contributed by atoms with Crippen molar-refractivity contribution in [1.29, 1.82) is 0 Å². The van der Waals surface area contributed by atoms with E-state index in [4.69, 9.17) is 0 Å². The zero-order chi connectivity index (χ0) is 14.4. The van der Waals surface area contributed by atoms with Crippen LogP contribution in [0, 0.1) is 5.82 Å². The Hall–Kier alpha value is -0.930. The highest BCUT2D eigenvalue weighted by Gasteiger charge is 2.18. The van der Waals surface area contributed by atoms with Crippen LogP contribution in [0.15, 0.2) is 24.3 Å². The van der Waals surface area contributed by atoms with Crippen LogP contribution < -0.4 is 5.32 Å². The van der Waals surface area contributed by atoms with E-state index >= 15 is 0 Å². The van der Waals surface area contributed by atoms with Crippen molar-refractivity contribution in [1.82, 2.24) is 10.2 Å². The highest BCUT2D eigenvalue weighted by Crippen LogP contribution is 2.21. The van der Waals surface area contributed by atoms with Gasteiger partial charge in [-0.1, -0.05) is 25.0 Å². The molecule has 1 aliphatic carbocycles. The summed E-state index contributed by atoms with van der Waals surface area (Å²) >= 11 is 0. The normalized spacial score (nSPS) is 17.8. The van der Waals surface area contributed by atoms with Crippen LogP contribution in [0.4, 0.5) is 4.39 Å². The zero-order valence-corrected chi connectivity index (χ0v) is 12.7. The second-order valence-electron chi connectivity index (χ2n) is 6.10. The van der Waals surface area contributed by atoms with Crippen molar-refractivity contribution in [2.75, 3.05) is 20.1 Å². The molecule has 1 N–H and O–H groups in total. The lowest BCUT2D eigenvalue weighted by Crippen LogP contribution is -2.38. The fourth-order valence-corrected chi connectivity index (χ4v) is 3.06. The first-order valence-electron chi connectivity index (χ1n) is 7.83. The van der Waals surface area contributed by atoms with Crippen LogP contribution in [0.25, 0.3) is 0 Å². The van der Waals surface area contributed by atoms with E-state index in [2.05, 4.69) is 24.2 Å². The second kappa shape index (κ2) is 7.75. The molecular weight excluding hydrogens is 251 g/mol. The maximum absolute atomic E-state index is 12.8. The first-order chi connectivity index (χ1) is 9.65. The third-order valence-electron chi connectivity index (χ3n) is 4.36. The van der Waals surface area contributed by atoms with Crippen molar-refractivity contribution >= 4 is 0 Å². The van der Waals surface area contributed by atoms with E-state index in [0.717, 1.165) is 25.6 Å². The Morgan fingerprint density at radius 3 is 2.55 bits per heavy atom. The number of hydrogen-bond acceptors (Lipinski definition) is 2. The van der Waals surface area contributed by atoms with E-state index in [9.17, 15) is 4.39 Å². The number of halogens is 1. The smallest absolute Gasteiger partial charge is 0.123 e. The minimum absolute atomic E-state index is 0.160. The zero-order valence-electron chi connectivity index (χ0n) is 12.7. The predicted molar refractivity (Wildman–Crippen MR) is 82.5 cm³/mol. The molecule has 0 aliphatic heterocycles. The largest absolute Gasteiger partial charge is 0.313 e. The molecule has 0 aromatic heterocycles. The molecule has 0 heterocycles. The Kier molecular flexibility index (Phi) is 5.99. The summed E-state index contributed by atoms with van der Waals surface area (Å²) in [6.45, 7) is 4.33. The van der Waals surface area contributed by atoms with Crippen LogP contribution in [0.5, 0.6) is 0 Å². The van der Waals surface area contributed by atoms with Gasteiger partial charge < -0.3 is 10.2 Å². The van der Waals surface area contributed by atoms with Crippen molar-refractivity contribution in [2.24, 2.45) is 0 Å². The first kappa shape index (κ1) is 15.5. The van der Waals surface area contributed by atoms with Gasteiger partial charge in [-0.25, -0.2) is 4.39 Å². The van der Waals surface area contributed by atoms with Gasteiger partial charge in [-0.2, -0.15) is 0 Å². The maximum atomic E-state index is 12.8. The monoisotopic (exact) mass is 278 g/mol. The van der Waals surface area contributed by atoms with Crippen molar-refractivity contribution < 1.29 is 4.39 Å². The highest BCUT2D eigenvalue weighted by molar-refractivity contribution is 5.16. The van der Waals surface area contributed by atoms with Crippen LogP contribution in [0.1, 0.15) is 38.2 Å². The fraction of sp³-hybridized carbons (Fsp3) is 0.647. The van der Waals surface area contributed by atoms with Gasteiger partial charge in [0.1, 0.15) is 5.82 Å². The van der Waals surface area contributed by atoms with Crippen LogP contribution >= 0.6 is 0 Å². The van der Waals surface area contributed by atoms with Crippen molar-refractivity contribution in [3.05, 3.63) is 35.6 Å². The molecule has 1 unspecified atom stereocenters. The highest BCUT2D eigenvalue weighted by atomic mass is 19.1. The summed E-state index contributed by atoms with van der Waals surface area (Å²) in [4.78, 5) is 2.49. The van der Waals surface area contributed by atoms with Crippen molar-refractivity contribution in [3.63, 3.8) is 0 Å². The van der Waals surface area contributed by atoms with Gasteiger partial charge in [-0.15, -0.1) is 0 Å². The predicted octanol–water partition coefficient (Wildman–Crippen LogP) is 3.22. The maximum Gasteiger partial charge on any atom is 0.123 e. The Morgan fingerprint density at radius 2 is 1.90 bits per heavy atom. The molecule has 1 aliphatic rings. The molecule has 0 saturated heterocycles. The molecule has 112 valence electrons. The molecule has 1 fully saturated rings. The summed E-state index contributed by atoms with van der Waals surface area (Å²) in [6, 6.07) is 8.05. The van der Waals surface area contributed by atoms with E-state index in [1.54, 1.807) is 0 Å². The lowest BCUT2D eigenvalue weighted by Gasteiger charge is -2.25. The lowest BCUT2D eigenvalue weighted by molar-refractivity contribution is 0.242. The Labute approximate surface area is 122 Å². The average Bonchev–Trinajstić information content (AvgIpc) is 2.95. The number of likely N-dealkylation sites (N-methyl/N-ethyl adjacent to an activating group) is 1. The van der Waals surface area contributed by atoms with Crippen molar-refractivity contribution in [2.45, 2.75) is 51.1 Å². The number of nitrogens with one attached hydrogen (secondary N) is 1. The first-order valence-corrected chi connectivity index (χ1v) is 7.83. The minimum Gasteiger partial charge on any atom is -0.313 e. The Balaban J connectivity index is 1.64. The number of benzene rings is 1. The summed E-state index contributed by atoms with van der Waals surface area (Å²) < 4.78 is 12.8. The van der Waals surface area contributed by atoms with E-state index in [1.807, 2.05) is 12.1 Å². The van der Waals surface area contributed by atoms with Crippen LogP contribution in [-0.2, 0) is 6.42 Å². The number of rotatable bonds is 7. The van der Waals surface area contributed by atoms with Gasteiger partial charge in [0.15, 0.2) is 0 Å². The standard InChI is InChI=1S/C17H27FN2/c1-14(13-15-7-9-16(18)10-8-15)19-11-12-20(2)17-5-3-4-6-17/h7-10,14,17,19H,3-6,11-13H2,1-2H3. The van der Waals surface area contributed by atoms with Gasteiger partial charge in [0.2, 0.25) is 0 Å². The summed E-state index contributed by atoms with van der Waals surface area (Å²) in [5.74, 6) is -0.160. The van der Waals surface area contributed by atoms with Gasteiger partial charge in [0, 0.05) is 25.2 Å². The minimum atomic E-state index is -0.160. The third kappa shape index (κ3) is 4.88. The summed E-state index contributed by atoms with van der Waals surface area (Å²) in [7, 11) is 2.24. The van der Waals surface area contributed by atoms with Gasteiger partial charge in [-0.3, -0.25) is 0 Å². The quantitative estimate of drug-likeness (QED) is 0.824. The molecule has 0 amide bonds. The molecule has 1 aromatic carbocycles. The van der Waals surface area contributed by atoms with Crippen LogP contribution in [0.3, 0.4) is 0 Å². The van der Waals surface area contributed by atoms with Gasteiger partial charge in [0.05, 0.1) is 0 Å². The third-order valence-corrected chi connectivity index (χ3v) is 4.36. The second-order valence-corrected chi connectivity index (χ2v) is 6.10. The molecule has 0 spiro atoms. The molecule has 0 radical (unpaired) electrons. The van der Waals surface area contributed by atoms with Crippen LogP contribution in [0.2, 0.25) is 0 Å². The molecular formula is C17H27FN2. The van der Waals surface area contributed by atoms with E-state index < -0.39 is 0 Å². The molecule has 20 heavy (non-hydrogen) atoms. The molecule has 1 saturated carbocycles. The lowest BCUT2D eigenvalue weighted by atomic mass is 10.1. The van der Waals surface area contributed by atoms with E-state index in [0.29, 0.717) is 6.04 Å². The molecule has 1 atom stereocenters. The molecule has 1 aromatic rings.